The third kappa shape index (κ3) is 2.60. The van der Waals surface area contributed by atoms with Crippen LogP contribution in [0, 0.1) is 12.3 Å². The maximum Gasteiger partial charge on any atom is 0.346 e. The predicted molar refractivity (Wildman–Crippen MR) is 56.6 cm³/mol. The molecule has 0 aliphatic carbocycles. The van der Waals surface area contributed by atoms with Gasteiger partial charge >= 0.3 is 5.97 Å². The molecule has 0 saturated carbocycles. The summed E-state index contributed by atoms with van der Waals surface area (Å²) in [4.78, 5) is 11.3. The van der Waals surface area contributed by atoms with Crippen LogP contribution < -0.4 is 5.32 Å². The number of piperidine rings is 1. The Labute approximate surface area is 92.0 Å². The second-order valence-electron chi connectivity index (χ2n) is 3.30. The standard InChI is InChI=1S/C10H12BrNO2/c1-3-10(4-6-12-7-5-10)14-9(13)8(2)11/h1,12H,2,4-7H2/p+1. The fourth-order valence-electron chi connectivity index (χ4n) is 1.45. The summed E-state index contributed by atoms with van der Waals surface area (Å²) in [5.41, 5.74) is -0.720. The van der Waals surface area contributed by atoms with Crippen molar-refractivity contribution in [1.29, 1.82) is 0 Å². The first-order valence-corrected chi connectivity index (χ1v) is 5.26. The van der Waals surface area contributed by atoms with Gasteiger partial charge in [0.2, 0.25) is 0 Å². The van der Waals surface area contributed by atoms with Crippen molar-refractivity contribution in [3.8, 4) is 12.3 Å². The number of terminal acetylenes is 1. The van der Waals surface area contributed by atoms with Crippen molar-refractivity contribution < 1.29 is 14.8 Å². The molecule has 4 heteroatoms. The Bertz CT molecular complexity index is 287. The summed E-state index contributed by atoms with van der Waals surface area (Å²) in [5.74, 6) is 2.11. The van der Waals surface area contributed by atoms with Crippen molar-refractivity contribution in [2.24, 2.45) is 0 Å². The van der Waals surface area contributed by atoms with Crippen molar-refractivity contribution in [2.45, 2.75) is 18.4 Å². The van der Waals surface area contributed by atoms with Gasteiger partial charge in [-0.3, -0.25) is 0 Å². The molecule has 0 aromatic carbocycles. The highest BCUT2D eigenvalue weighted by molar-refractivity contribution is 9.12. The fraction of sp³-hybridized carbons (Fsp3) is 0.500. The van der Waals surface area contributed by atoms with Gasteiger partial charge in [-0.1, -0.05) is 12.5 Å². The first-order chi connectivity index (χ1) is 6.59. The van der Waals surface area contributed by atoms with Gasteiger partial charge in [-0.2, -0.15) is 0 Å². The minimum Gasteiger partial charge on any atom is -0.441 e. The van der Waals surface area contributed by atoms with Crippen molar-refractivity contribution in [2.75, 3.05) is 13.1 Å². The minimum absolute atomic E-state index is 0.210. The van der Waals surface area contributed by atoms with Crippen molar-refractivity contribution in [1.82, 2.24) is 0 Å². The molecule has 1 heterocycles. The van der Waals surface area contributed by atoms with E-state index in [1.807, 2.05) is 0 Å². The number of carbonyl (C=O) groups is 1. The average molecular weight is 259 g/mol. The molecule has 1 rings (SSSR count). The van der Waals surface area contributed by atoms with Gasteiger partial charge in [-0.25, -0.2) is 4.79 Å². The van der Waals surface area contributed by atoms with E-state index in [0.29, 0.717) is 12.8 Å². The van der Waals surface area contributed by atoms with Crippen molar-refractivity contribution in [3.63, 3.8) is 0 Å². The lowest BCUT2D eigenvalue weighted by Crippen LogP contribution is -2.87. The van der Waals surface area contributed by atoms with Gasteiger partial charge in [0.05, 0.1) is 17.6 Å². The third-order valence-electron chi connectivity index (χ3n) is 2.28. The number of hydrogen-bond acceptors (Lipinski definition) is 2. The summed E-state index contributed by atoms with van der Waals surface area (Å²) in [5, 5.41) is 2.16. The molecule has 3 nitrogen and oxygen atoms in total. The van der Waals surface area contributed by atoms with Crippen LogP contribution in [0.1, 0.15) is 12.8 Å². The van der Waals surface area contributed by atoms with Gasteiger partial charge < -0.3 is 10.1 Å². The molecule has 1 saturated heterocycles. The number of ether oxygens (including phenoxy) is 1. The molecule has 1 fully saturated rings. The normalized spacial score (nSPS) is 19.4. The van der Waals surface area contributed by atoms with E-state index in [1.165, 1.54) is 0 Å². The summed E-state index contributed by atoms with van der Waals surface area (Å²) >= 11 is 2.97. The molecule has 0 aromatic heterocycles. The smallest absolute Gasteiger partial charge is 0.346 e. The van der Waals surface area contributed by atoms with Crippen LogP contribution in [0.2, 0.25) is 0 Å². The van der Waals surface area contributed by atoms with Crippen LogP contribution in [0.3, 0.4) is 0 Å². The molecule has 0 radical (unpaired) electrons. The van der Waals surface area contributed by atoms with E-state index in [1.54, 1.807) is 0 Å². The van der Waals surface area contributed by atoms with Gasteiger partial charge in [0.25, 0.3) is 0 Å². The second kappa shape index (κ2) is 4.63. The Balaban J connectivity index is 2.66. The van der Waals surface area contributed by atoms with E-state index in [0.717, 1.165) is 13.1 Å². The number of halogens is 1. The molecule has 1 aliphatic rings. The molecule has 0 spiro atoms. The number of esters is 1. The van der Waals surface area contributed by atoms with Gasteiger partial charge in [-0.15, -0.1) is 6.42 Å². The summed E-state index contributed by atoms with van der Waals surface area (Å²) in [6, 6.07) is 0. The predicted octanol–water partition coefficient (Wildman–Crippen LogP) is 0.167. The fourth-order valence-corrected chi connectivity index (χ4v) is 1.53. The van der Waals surface area contributed by atoms with E-state index >= 15 is 0 Å². The molecule has 0 unspecified atom stereocenters. The SMILES string of the molecule is C#CC1(OC(=O)C(=C)Br)CC[NH2+]CC1. The molecule has 0 amide bonds. The van der Waals surface area contributed by atoms with Gasteiger partial charge in [-0.05, 0) is 15.9 Å². The summed E-state index contributed by atoms with van der Waals surface area (Å²) in [6.07, 6.45) is 6.81. The summed E-state index contributed by atoms with van der Waals surface area (Å²) < 4.78 is 5.46. The highest BCUT2D eigenvalue weighted by Gasteiger charge is 2.36. The molecular formula is C10H13BrNO2+. The molecule has 14 heavy (non-hydrogen) atoms. The lowest BCUT2D eigenvalue weighted by molar-refractivity contribution is -0.666. The number of rotatable bonds is 2. The maximum absolute atomic E-state index is 11.3. The first kappa shape index (κ1) is 11.3. The van der Waals surface area contributed by atoms with Crippen molar-refractivity contribution >= 4 is 21.9 Å². The molecular weight excluding hydrogens is 246 g/mol. The van der Waals surface area contributed by atoms with E-state index in [-0.39, 0.29) is 4.48 Å². The van der Waals surface area contributed by atoms with Crippen LogP contribution in [0.15, 0.2) is 11.1 Å². The van der Waals surface area contributed by atoms with Gasteiger partial charge in [0.1, 0.15) is 0 Å². The van der Waals surface area contributed by atoms with Gasteiger partial charge in [0.15, 0.2) is 5.60 Å². The molecule has 76 valence electrons. The molecule has 0 aromatic rings. The highest BCUT2D eigenvalue weighted by atomic mass is 79.9. The molecule has 1 aliphatic heterocycles. The Morgan fingerprint density at radius 3 is 2.57 bits per heavy atom. The second-order valence-corrected chi connectivity index (χ2v) is 4.26. The van der Waals surface area contributed by atoms with E-state index in [4.69, 9.17) is 11.2 Å². The highest BCUT2D eigenvalue weighted by Crippen LogP contribution is 2.22. The van der Waals surface area contributed by atoms with Crippen molar-refractivity contribution in [3.05, 3.63) is 11.1 Å². The zero-order chi connectivity index (χ0) is 10.6. The average Bonchev–Trinajstić information content (AvgIpc) is 2.19. The van der Waals surface area contributed by atoms with E-state index < -0.39 is 11.6 Å². The third-order valence-corrected chi connectivity index (χ3v) is 2.60. The lowest BCUT2D eigenvalue weighted by Gasteiger charge is -2.30. The van der Waals surface area contributed by atoms with Gasteiger partial charge in [0, 0.05) is 12.8 Å². The zero-order valence-electron chi connectivity index (χ0n) is 7.88. The van der Waals surface area contributed by atoms with Crippen LogP contribution in [-0.2, 0) is 9.53 Å². The van der Waals surface area contributed by atoms with E-state index in [2.05, 4.69) is 33.7 Å². The molecule has 0 atom stereocenters. The lowest BCUT2D eigenvalue weighted by atomic mass is 9.93. The zero-order valence-corrected chi connectivity index (χ0v) is 9.47. The quantitative estimate of drug-likeness (QED) is 0.436. The Hall–Kier alpha value is -0.790. The summed E-state index contributed by atoms with van der Waals surface area (Å²) in [6.45, 7) is 5.24. The molecule has 2 N–H and O–H groups in total. The molecule has 0 bridgehead atoms. The topological polar surface area (TPSA) is 42.9 Å². The van der Waals surface area contributed by atoms with Crippen LogP contribution >= 0.6 is 15.9 Å². The van der Waals surface area contributed by atoms with E-state index in [9.17, 15) is 4.79 Å². The first-order valence-electron chi connectivity index (χ1n) is 4.47. The van der Waals surface area contributed by atoms with Crippen LogP contribution in [0.25, 0.3) is 0 Å². The number of nitrogens with two attached hydrogens (primary N) is 1. The maximum atomic E-state index is 11.3. The van der Waals surface area contributed by atoms with Crippen LogP contribution in [0.4, 0.5) is 0 Å². The summed E-state index contributed by atoms with van der Waals surface area (Å²) in [7, 11) is 0. The Kier molecular flexibility index (Phi) is 3.73. The Morgan fingerprint density at radius 2 is 2.14 bits per heavy atom. The minimum atomic E-state index is -0.720. The number of quaternary nitrogens is 1. The van der Waals surface area contributed by atoms with Crippen LogP contribution in [-0.4, -0.2) is 24.7 Å². The largest absolute Gasteiger partial charge is 0.441 e. The monoisotopic (exact) mass is 258 g/mol. The van der Waals surface area contributed by atoms with Crippen LogP contribution in [0.5, 0.6) is 0 Å². The Morgan fingerprint density at radius 1 is 1.57 bits per heavy atom. The number of carbonyl (C=O) groups excluding carboxylic acids is 1. The number of hydrogen-bond donors (Lipinski definition) is 1.